The third kappa shape index (κ3) is 3.60. The zero-order valence-electron chi connectivity index (χ0n) is 14.0. The molecule has 132 valence electrons. The molecule has 0 saturated carbocycles. The van der Waals surface area contributed by atoms with E-state index in [0.717, 1.165) is 28.4 Å². The summed E-state index contributed by atoms with van der Waals surface area (Å²) in [6, 6.07) is 14.2. The second-order valence-electron chi connectivity index (χ2n) is 6.08. The number of aromatic nitrogens is 1. The van der Waals surface area contributed by atoms with Gasteiger partial charge in [0, 0.05) is 17.6 Å². The summed E-state index contributed by atoms with van der Waals surface area (Å²) in [5, 5.41) is 2.70. The van der Waals surface area contributed by atoms with Gasteiger partial charge in [-0.05, 0) is 36.2 Å². The van der Waals surface area contributed by atoms with Crippen LogP contribution in [0.1, 0.15) is 16.3 Å². The molecular weight excluding hydrogens is 351 g/mol. The molecule has 1 aliphatic heterocycles. The zero-order valence-corrected chi connectivity index (χ0v) is 14.8. The van der Waals surface area contributed by atoms with Gasteiger partial charge >= 0.3 is 0 Å². The summed E-state index contributed by atoms with van der Waals surface area (Å²) >= 11 is 1.47. The SMILES string of the molecule is O=C(Cc1csc(COc2ccccc2)n1)N1CCc2ccc(F)cc21. The van der Waals surface area contributed by atoms with Crippen molar-refractivity contribution in [2.75, 3.05) is 11.4 Å². The van der Waals surface area contributed by atoms with Crippen molar-refractivity contribution in [1.29, 1.82) is 0 Å². The Bertz CT molecular complexity index is 927. The molecule has 2 aromatic carbocycles. The first-order chi connectivity index (χ1) is 12.7. The first kappa shape index (κ1) is 16.7. The van der Waals surface area contributed by atoms with Crippen LogP contribution in [0, 0.1) is 5.82 Å². The third-order valence-electron chi connectivity index (χ3n) is 4.28. The number of thiazole rings is 1. The van der Waals surface area contributed by atoms with Crippen LogP contribution in [0.2, 0.25) is 0 Å². The van der Waals surface area contributed by atoms with Gasteiger partial charge in [-0.1, -0.05) is 24.3 Å². The van der Waals surface area contributed by atoms with Gasteiger partial charge in [-0.25, -0.2) is 9.37 Å². The van der Waals surface area contributed by atoms with E-state index in [0.29, 0.717) is 18.8 Å². The minimum absolute atomic E-state index is 0.0600. The van der Waals surface area contributed by atoms with Crippen LogP contribution in [0.3, 0.4) is 0 Å². The lowest BCUT2D eigenvalue weighted by molar-refractivity contribution is -0.117. The number of nitrogens with zero attached hydrogens (tertiary/aromatic N) is 2. The number of hydrogen-bond acceptors (Lipinski definition) is 4. The van der Waals surface area contributed by atoms with Crippen LogP contribution in [0.25, 0.3) is 0 Å². The number of carbonyl (C=O) groups is 1. The van der Waals surface area contributed by atoms with Gasteiger partial charge in [0.05, 0.1) is 12.1 Å². The summed E-state index contributed by atoms with van der Waals surface area (Å²) in [5.41, 5.74) is 2.41. The molecule has 0 spiro atoms. The van der Waals surface area contributed by atoms with Gasteiger partial charge in [-0.3, -0.25) is 4.79 Å². The number of fused-ring (bicyclic) bond motifs is 1. The number of hydrogen-bond donors (Lipinski definition) is 0. The van der Waals surface area contributed by atoms with Gasteiger partial charge in [-0.15, -0.1) is 11.3 Å². The summed E-state index contributed by atoms with van der Waals surface area (Å²) in [5.74, 6) is 0.406. The van der Waals surface area contributed by atoms with E-state index in [1.165, 1.54) is 23.5 Å². The molecule has 0 N–H and O–H groups in total. The number of benzene rings is 2. The zero-order chi connectivity index (χ0) is 17.9. The highest BCUT2D eigenvalue weighted by Crippen LogP contribution is 2.29. The van der Waals surface area contributed by atoms with Crippen molar-refractivity contribution in [3.8, 4) is 5.75 Å². The van der Waals surface area contributed by atoms with E-state index in [1.807, 2.05) is 35.7 Å². The largest absolute Gasteiger partial charge is 0.486 e. The Morgan fingerprint density at radius 2 is 2.08 bits per heavy atom. The Morgan fingerprint density at radius 1 is 1.23 bits per heavy atom. The Kier molecular flexibility index (Phi) is 4.67. The molecule has 4 nitrogen and oxygen atoms in total. The molecule has 1 aromatic heterocycles. The fourth-order valence-corrected chi connectivity index (χ4v) is 3.73. The average Bonchev–Trinajstić information content (AvgIpc) is 3.27. The maximum Gasteiger partial charge on any atom is 0.233 e. The highest BCUT2D eigenvalue weighted by atomic mass is 32.1. The van der Waals surface area contributed by atoms with Crippen LogP contribution < -0.4 is 9.64 Å². The van der Waals surface area contributed by atoms with Crippen LogP contribution >= 0.6 is 11.3 Å². The highest BCUT2D eigenvalue weighted by Gasteiger charge is 2.25. The maximum absolute atomic E-state index is 13.5. The Labute approximate surface area is 154 Å². The summed E-state index contributed by atoms with van der Waals surface area (Å²) < 4.78 is 19.2. The lowest BCUT2D eigenvalue weighted by atomic mass is 10.1. The normalized spacial score (nSPS) is 12.9. The minimum Gasteiger partial charge on any atom is -0.486 e. The number of anilines is 1. The summed E-state index contributed by atoms with van der Waals surface area (Å²) in [7, 11) is 0. The predicted octanol–water partition coefficient (Wildman–Crippen LogP) is 3.99. The lowest BCUT2D eigenvalue weighted by Crippen LogP contribution is -2.30. The van der Waals surface area contributed by atoms with Crippen molar-refractivity contribution >= 4 is 22.9 Å². The van der Waals surface area contributed by atoms with Crippen LogP contribution in [-0.4, -0.2) is 17.4 Å². The average molecular weight is 368 g/mol. The van der Waals surface area contributed by atoms with E-state index in [4.69, 9.17) is 4.74 Å². The van der Waals surface area contributed by atoms with Crippen molar-refractivity contribution in [2.24, 2.45) is 0 Å². The van der Waals surface area contributed by atoms with E-state index < -0.39 is 0 Å². The molecule has 0 saturated heterocycles. The number of carbonyl (C=O) groups excluding carboxylic acids is 1. The fraction of sp³-hybridized carbons (Fsp3) is 0.200. The molecule has 0 radical (unpaired) electrons. The van der Waals surface area contributed by atoms with Crippen LogP contribution in [0.4, 0.5) is 10.1 Å². The molecule has 26 heavy (non-hydrogen) atoms. The quantitative estimate of drug-likeness (QED) is 0.684. The van der Waals surface area contributed by atoms with Gasteiger partial charge in [0.25, 0.3) is 0 Å². The van der Waals surface area contributed by atoms with Crippen LogP contribution in [0.5, 0.6) is 5.75 Å². The Hall–Kier alpha value is -2.73. The Balaban J connectivity index is 1.39. The first-order valence-corrected chi connectivity index (χ1v) is 9.27. The van der Waals surface area contributed by atoms with E-state index in [2.05, 4.69) is 4.98 Å². The van der Waals surface area contributed by atoms with Gasteiger partial charge in [-0.2, -0.15) is 0 Å². The molecule has 3 aromatic rings. The second-order valence-corrected chi connectivity index (χ2v) is 7.02. The van der Waals surface area contributed by atoms with Gasteiger partial charge in [0.1, 0.15) is 23.2 Å². The topological polar surface area (TPSA) is 42.4 Å². The Morgan fingerprint density at radius 3 is 2.92 bits per heavy atom. The highest BCUT2D eigenvalue weighted by molar-refractivity contribution is 7.09. The molecule has 1 amide bonds. The second kappa shape index (κ2) is 7.25. The summed E-state index contributed by atoms with van der Waals surface area (Å²) in [6.07, 6.45) is 0.965. The van der Waals surface area contributed by atoms with E-state index in [-0.39, 0.29) is 18.1 Å². The van der Waals surface area contributed by atoms with E-state index in [9.17, 15) is 9.18 Å². The lowest BCUT2D eigenvalue weighted by Gasteiger charge is -2.16. The van der Waals surface area contributed by atoms with Crippen molar-refractivity contribution in [1.82, 2.24) is 4.98 Å². The number of amides is 1. The molecular formula is C20H17FN2O2S. The molecule has 0 unspecified atom stereocenters. The summed E-state index contributed by atoms with van der Waals surface area (Å²) in [6.45, 7) is 0.965. The molecule has 6 heteroatoms. The van der Waals surface area contributed by atoms with Crippen molar-refractivity contribution in [2.45, 2.75) is 19.4 Å². The van der Waals surface area contributed by atoms with Crippen LogP contribution in [0.15, 0.2) is 53.9 Å². The number of ether oxygens (including phenoxy) is 1. The van der Waals surface area contributed by atoms with E-state index >= 15 is 0 Å². The number of rotatable bonds is 5. The minimum atomic E-state index is -0.322. The molecule has 0 bridgehead atoms. The molecule has 2 heterocycles. The smallest absolute Gasteiger partial charge is 0.233 e. The van der Waals surface area contributed by atoms with Crippen molar-refractivity contribution < 1.29 is 13.9 Å². The number of para-hydroxylation sites is 1. The van der Waals surface area contributed by atoms with Crippen molar-refractivity contribution in [3.63, 3.8) is 0 Å². The molecule has 0 aliphatic carbocycles. The van der Waals surface area contributed by atoms with Crippen LogP contribution in [-0.2, 0) is 24.2 Å². The van der Waals surface area contributed by atoms with E-state index in [1.54, 1.807) is 11.0 Å². The molecule has 4 rings (SSSR count). The standard InChI is InChI=1S/C20H17FN2O2S/c21-15-7-6-14-8-9-23(18(14)10-15)20(24)11-16-13-26-19(22-16)12-25-17-4-2-1-3-5-17/h1-7,10,13H,8-9,11-12H2. The van der Waals surface area contributed by atoms with Gasteiger partial charge in [0.15, 0.2) is 0 Å². The first-order valence-electron chi connectivity index (χ1n) is 8.39. The fourth-order valence-electron chi connectivity index (χ4n) is 3.02. The molecule has 0 fully saturated rings. The maximum atomic E-state index is 13.5. The van der Waals surface area contributed by atoms with Crippen molar-refractivity contribution in [3.05, 3.63) is 76.0 Å². The molecule has 1 aliphatic rings. The van der Waals surface area contributed by atoms with Gasteiger partial charge < -0.3 is 9.64 Å². The molecule has 0 atom stereocenters. The predicted molar refractivity (Wildman–Crippen MR) is 99.0 cm³/mol. The monoisotopic (exact) mass is 368 g/mol. The summed E-state index contributed by atoms with van der Waals surface area (Å²) in [4.78, 5) is 18.7. The third-order valence-corrected chi connectivity index (χ3v) is 5.15. The number of halogens is 1. The van der Waals surface area contributed by atoms with Gasteiger partial charge in [0.2, 0.25) is 5.91 Å².